The van der Waals surface area contributed by atoms with Gasteiger partial charge in [-0.1, -0.05) is 11.6 Å². The van der Waals surface area contributed by atoms with E-state index in [4.69, 9.17) is 26.8 Å². The molecule has 2 aromatic rings. The fraction of sp³-hybridized carbons (Fsp3) is 0.154. The van der Waals surface area contributed by atoms with E-state index in [0.717, 1.165) is 6.07 Å². The van der Waals surface area contributed by atoms with Crippen molar-refractivity contribution in [2.45, 2.75) is 0 Å². The molecular formula is C13H11ClFN3O3. The van der Waals surface area contributed by atoms with Gasteiger partial charge in [0.05, 0.1) is 36.6 Å². The first kappa shape index (κ1) is 15.0. The molecule has 0 saturated carbocycles. The van der Waals surface area contributed by atoms with Crippen molar-refractivity contribution in [3.05, 3.63) is 40.4 Å². The Morgan fingerprint density at radius 3 is 2.33 bits per heavy atom. The number of carbonyl (C=O) groups is 1. The third kappa shape index (κ3) is 2.87. The topological polar surface area (TPSA) is 87.3 Å². The largest absolute Gasteiger partial charge is 0.481 e. The van der Waals surface area contributed by atoms with Gasteiger partial charge in [-0.3, -0.25) is 4.79 Å². The third-order valence-electron chi connectivity index (χ3n) is 2.68. The van der Waals surface area contributed by atoms with Crippen LogP contribution in [0.2, 0.25) is 5.02 Å². The summed E-state index contributed by atoms with van der Waals surface area (Å²) < 4.78 is 23.2. The molecule has 8 heteroatoms. The predicted octanol–water partition coefficient (Wildman–Crippen LogP) is 2.10. The van der Waals surface area contributed by atoms with E-state index in [9.17, 15) is 9.18 Å². The average molecular weight is 312 g/mol. The fourth-order valence-corrected chi connectivity index (χ4v) is 1.76. The molecule has 0 spiro atoms. The number of ether oxygens (including phenoxy) is 2. The highest BCUT2D eigenvalue weighted by molar-refractivity contribution is 6.34. The Balaban J connectivity index is 2.52. The molecule has 0 unspecified atom stereocenters. The van der Waals surface area contributed by atoms with Crippen LogP contribution < -0.4 is 15.2 Å². The van der Waals surface area contributed by atoms with Crippen LogP contribution in [0.3, 0.4) is 0 Å². The molecule has 0 saturated heterocycles. The van der Waals surface area contributed by atoms with Crippen molar-refractivity contribution in [1.29, 1.82) is 0 Å². The van der Waals surface area contributed by atoms with Crippen LogP contribution in [0.4, 0.5) is 10.1 Å². The van der Waals surface area contributed by atoms with Gasteiger partial charge in [0.2, 0.25) is 23.4 Å². The molecule has 0 radical (unpaired) electrons. The minimum absolute atomic E-state index is 0.00305. The normalized spacial score (nSPS) is 10.3. The lowest BCUT2D eigenvalue weighted by molar-refractivity contribution is 0.102. The van der Waals surface area contributed by atoms with Gasteiger partial charge >= 0.3 is 0 Å². The van der Waals surface area contributed by atoms with E-state index in [0.29, 0.717) is 0 Å². The lowest BCUT2D eigenvalue weighted by Gasteiger charge is -2.08. The second-order valence-corrected chi connectivity index (χ2v) is 4.31. The van der Waals surface area contributed by atoms with Gasteiger partial charge in [0.15, 0.2) is 0 Å². The van der Waals surface area contributed by atoms with Crippen LogP contribution in [-0.2, 0) is 0 Å². The summed E-state index contributed by atoms with van der Waals surface area (Å²) in [6.07, 6.45) is 0. The molecule has 1 aromatic heterocycles. The zero-order valence-electron chi connectivity index (χ0n) is 11.2. The highest BCUT2D eigenvalue weighted by Crippen LogP contribution is 2.27. The van der Waals surface area contributed by atoms with Crippen LogP contribution in [-0.4, -0.2) is 30.0 Å². The summed E-state index contributed by atoms with van der Waals surface area (Å²) in [5.74, 6) is -1.23. The van der Waals surface area contributed by atoms with E-state index in [-0.39, 0.29) is 33.9 Å². The van der Waals surface area contributed by atoms with Gasteiger partial charge in [-0.15, -0.1) is 0 Å². The number of nitrogens with two attached hydrogens (primary N) is 1. The maximum Gasteiger partial charge on any atom is 0.232 e. The first-order chi connectivity index (χ1) is 9.97. The number of methoxy groups -OCH3 is 2. The molecule has 0 bridgehead atoms. The van der Waals surface area contributed by atoms with Crippen LogP contribution >= 0.6 is 11.6 Å². The van der Waals surface area contributed by atoms with E-state index in [2.05, 4.69) is 9.97 Å². The number of rotatable bonds is 4. The number of carbonyl (C=O) groups excluding carboxylic acids is 1. The lowest BCUT2D eigenvalue weighted by atomic mass is 10.1. The molecule has 2 rings (SSSR count). The molecule has 110 valence electrons. The van der Waals surface area contributed by atoms with Crippen molar-refractivity contribution in [3.63, 3.8) is 0 Å². The molecule has 2 N–H and O–H groups in total. The Bertz CT molecular complexity index is 687. The van der Waals surface area contributed by atoms with Gasteiger partial charge in [-0.2, -0.15) is 9.97 Å². The summed E-state index contributed by atoms with van der Waals surface area (Å²) in [6.45, 7) is 0. The second kappa shape index (κ2) is 5.92. The SMILES string of the molecule is COc1cc(OC)nc(C(=O)c2ccc(F)c(Cl)c2N)n1. The van der Waals surface area contributed by atoms with E-state index in [1.807, 2.05) is 0 Å². The number of aromatic nitrogens is 2. The van der Waals surface area contributed by atoms with Crippen LogP contribution in [0.1, 0.15) is 16.2 Å². The van der Waals surface area contributed by atoms with Crippen molar-refractivity contribution >= 4 is 23.1 Å². The molecular weight excluding hydrogens is 301 g/mol. The molecule has 1 heterocycles. The number of nitrogen functional groups attached to an aromatic ring is 1. The molecule has 21 heavy (non-hydrogen) atoms. The van der Waals surface area contributed by atoms with E-state index in [1.54, 1.807) is 0 Å². The average Bonchev–Trinajstić information content (AvgIpc) is 2.51. The molecule has 0 aliphatic carbocycles. The van der Waals surface area contributed by atoms with Crippen LogP contribution in [0.5, 0.6) is 11.8 Å². The van der Waals surface area contributed by atoms with Gasteiger partial charge < -0.3 is 15.2 Å². The third-order valence-corrected chi connectivity index (χ3v) is 3.06. The van der Waals surface area contributed by atoms with E-state index in [1.165, 1.54) is 26.4 Å². The van der Waals surface area contributed by atoms with Gasteiger partial charge in [-0.25, -0.2) is 4.39 Å². The van der Waals surface area contributed by atoms with Crippen LogP contribution in [0, 0.1) is 5.82 Å². The Morgan fingerprint density at radius 1 is 1.24 bits per heavy atom. The van der Waals surface area contributed by atoms with Gasteiger partial charge in [0.1, 0.15) is 5.82 Å². The number of hydrogen-bond donors (Lipinski definition) is 1. The van der Waals surface area contributed by atoms with Crippen molar-refractivity contribution in [2.75, 3.05) is 20.0 Å². The summed E-state index contributed by atoms with van der Waals surface area (Å²) in [6, 6.07) is 3.68. The number of anilines is 1. The summed E-state index contributed by atoms with van der Waals surface area (Å²) >= 11 is 5.69. The van der Waals surface area contributed by atoms with Crippen LogP contribution in [0.15, 0.2) is 18.2 Å². The van der Waals surface area contributed by atoms with E-state index < -0.39 is 11.6 Å². The quantitative estimate of drug-likeness (QED) is 0.687. The Morgan fingerprint density at radius 2 is 1.81 bits per heavy atom. The van der Waals surface area contributed by atoms with Crippen molar-refractivity contribution in [1.82, 2.24) is 9.97 Å². The molecule has 0 atom stereocenters. The number of nitrogens with zero attached hydrogens (tertiary/aromatic N) is 2. The Labute approximate surface area is 124 Å². The second-order valence-electron chi connectivity index (χ2n) is 3.93. The number of hydrogen-bond acceptors (Lipinski definition) is 6. The molecule has 0 fully saturated rings. The van der Waals surface area contributed by atoms with Crippen molar-refractivity contribution in [3.8, 4) is 11.8 Å². The summed E-state index contributed by atoms with van der Waals surface area (Å²) in [5.41, 5.74) is 5.47. The molecule has 6 nitrogen and oxygen atoms in total. The molecule has 1 aromatic carbocycles. The summed E-state index contributed by atoms with van der Waals surface area (Å²) in [5, 5.41) is -0.323. The van der Waals surface area contributed by atoms with Crippen molar-refractivity contribution < 1.29 is 18.7 Å². The molecule has 0 aliphatic heterocycles. The zero-order valence-corrected chi connectivity index (χ0v) is 11.9. The Kier molecular flexibility index (Phi) is 4.23. The van der Waals surface area contributed by atoms with Gasteiger partial charge in [-0.05, 0) is 12.1 Å². The highest BCUT2D eigenvalue weighted by Gasteiger charge is 2.20. The minimum atomic E-state index is -0.713. The maximum absolute atomic E-state index is 13.3. The summed E-state index contributed by atoms with van der Waals surface area (Å²) in [7, 11) is 2.78. The first-order valence-electron chi connectivity index (χ1n) is 5.73. The maximum atomic E-state index is 13.3. The van der Waals surface area contributed by atoms with Crippen molar-refractivity contribution in [2.24, 2.45) is 0 Å². The zero-order chi connectivity index (χ0) is 15.6. The van der Waals surface area contributed by atoms with Gasteiger partial charge in [0, 0.05) is 0 Å². The molecule has 0 aliphatic rings. The highest BCUT2D eigenvalue weighted by atomic mass is 35.5. The molecule has 0 amide bonds. The number of halogens is 2. The van der Waals surface area contributed by atoms with Crippen LogP contribution in [0.25, 0.3) is 0 Å². The lowest BCUT2D eigenvalue weighted by Crippen LogP contribution is -2.11. The minimum Gasteiger partial charge on any atom is -0.481 e. The Hall–Kier alpha value is -2.41. The predicted molar refractivity (Wildman–Crippen MR) is 74.4 cm³/mol. The monoisotopic (exact) mass is 311 g/mol. The van der Waals surface area contributed by atoms with Gasteiger partial charge in [0.25, 0.3) is 0 Å². The summed E-state index contributed by atoms with van der Waals surface area (Å²) in [4.78, 5) is 20.2. The first-order valence-corrected chi connectivity index (χ1v) is 6.11. The smallest absolute Gasteiger partial charge is 0.232 e. The van der Waals surface area contributed by atoms with E-state index >= 15 is 0 Å². The number of benzene rings is 1. The fourth-order valence-electron chi connectivity index (χ4n) is 1.60. The number of ketones is 1. The standard InChI is InChI=1S/C13H11ClFN3O3/c1-20-8-5-9(21-2)18-13(17-8)12(19)6-3-4-7(15)10(14)11(6)16/h3-5H,16H2,1-2H3.